The van der Waals surface area contributed by atoms with Gasteiger partial charge in [-0.3, -0.25) is 9.59 Å². The molecule has 1 aromatic heterocycles. The summed E-state index contributed by atoms with van der Waals surface area (Å²) in [5.41, 5.74) is 2.52. The molecule has 0 atom stereocenters. The van der Waals surface area contributed by atoms with E-state index in [0.717, 1.165) is 22.1 Å². The number of nitrogens with one attached hydrogen (secondary N) is 1. The van der Waals surface area contributed by atoms with E-state index in [-0.39, 0.29) is 23.9 Å². The third-order valence-corrected chi connectivity index (χ3v) is 6.09. The van der Waals surface area contributed by atoms with Gasteiger partial charge in [-0.15, -0.1) is 16.8 Å². The molecule has 2 aromatic carbocycles. The van der Waals surface area contributed by atoms with Crippen molar-refractivity contribution in [2.45, 2.75) is 31.5 Å². The van der Waals surface area contributed by atoms with Crippen molar-refractivity contribution in [3.8, 4) is 0 Å². The van der Waals surface area contributed by atoms with Crippen LogP contribution in [0.5, 0.6) is 0 Å². The third kappa shape index (κ3) is 6.15. The van der Waals surface area contributed by atoms with Crippen LogP contribution in [0.15, 0.2) is 70.8 Å². The van der Waals surface area contributed by atoms with Crippen molar-refractivity contribution in [3.05, 3.63) is 82.6 Å². The van der Waals surface area contributed by atoms with Gasteiger partial charge in [0, 0.05) is 22.3 Å². The van der Waals surface area contributed by atoms with E-state index in [9.17, 15) is 9.59 Å². The third-order valence-electron chi connectivity index (χ3n) is 4.59. The lowest BCUT2D eigenvalue weighted by Crippen LogP contribution is -2.18. The Morgan fingerprint density at radius 1 is 1.16 bits per heavy atom. The Bertz CT molecular complexity index is 1080. The van der Waals surface area contributed by atoms with Crippen LogP contribution in [-0.4, -0.2) is 32.2 Å². The first-order chi connectivity index (χ1) is 15.0. The van der Waals surface area contributed by atoms with Gasteiger partial charge in [0.1, 0.15) is 5.82 Å². The van der Waals surface area contributed by atoms with Gasteiger partial charge in [-0.2, -0.15) is 0 Å². The first-order valence-corrected chi connectivity index (χ1v) is 11.6. The average molecular weight is 499 g/mol. The molecule has 1 N–H and O–H groups in total. The number of allylic oxidation sites excluding steroid dienone is 1. The molecule has 3 aromatic rings. The summed E-state index contributed by atoms with van der Waals surface area (Å²) in [4.78, 5) is 25.1. The normalized spacial score (nSPS) is 10.6. The summed E-state index contributed by atoms with van der Waals surface area (Å²) < 4.78 is 2.74. The monoisotopic (exact) mass is 498 g/mol. The number of rotatable bonds is 10. The molecule has 8 heteroatoms. The Morgan fingerprint density at radius 3 is 2.61 bits per heavy atom. The molecule has 6 nitrogen and oxygen atoms in total. The van der Waals surface area contributed by atoms with E-state index >= 15 is 0 Å². The molecule has 1 heterocycles. The summed E-state index contributed by atoms with van der Waals surface area (Å²) in [6.45, 7) is 6.28. The van der Waals surface area contributed by atoms with Gasteiger partial charge in [-0.1, -0.05) is 71.0 Å². The van der Waals surface area contributed by atoms with Gasteiger partial charge in [0.15, 0.2) is 10.9 Å². The molecule has 0 fully saturated rings. The van der Waals surface area contributed by atoms with Crippen molar-refractivity contribution in [1.29, 1.82) is 0 Å². The zero-order valence-electron chi connectivity index (χ0n) is 17.2. The predicted molar refractivity (Wildman–Crippen MR) is 128 cm³/mol. The molecular formula is C23H23BrN4O2S. The number of nitrogens with zero attached hydrogens (tertiary/aromatic N) is 3. The number of hydrogen-bond donors (Lipinski definition) is 1. The Hall–Kier alpha value is -2.71. The maximum atomic E-state index is 12.6. The van der Waals surface area contributed by atoms with Gasteiger partial charge >= 0.3 is 0 Å². The number of aromatic nitrogens is 3. The Labute approximate surface area is 194 Å². The average Bonchev–Trinajstić information content (AvgIpc) is 3.14. The highest BCUT2D eigenvalue weighted by atomic mass is 79.9. The van der Waals surface area contributed by atoms with E-state index in [4.69, 9.17) is 0 Å². The van der Waals surface area contributed by atoms with Crippen molar-refractivity contribution in [1.82, 2.24) is 14.8 Å². The summed E-state index contributed by atoms with van der Waals surface area (Å²) in [6, 6.07) is 15.0. The Kier molecular flexibility index (Phi) is 8.20. The number of carbonyl (C=O) groups is 2. The number of benzene rings is 2. The molecular weight excluding hydrogens is 476 g/mol. The Balaban J connectivity index is 1.68. The molecule has 0 spiro atoms. The molecule has 0 aliphatic heterocycles. The molecule has 0 bridgehead atoms. The number of thioether (sulfide) groups is 1. The molecule has 0 radical (unpaired) electrons. The van der Waals surface area contributed by atoms with Gasteiger partial charge in [-0.25, -0.2) is 0 Å². The van der Waals surface area contributed by atoms with E-state index in [2.05, 4.69) is 38.0 Å². The number of ketones is 1. The van der Waals surface area contributed by atoms with Crippen molar-refractivity contribution in [3.63, 3.8) is 0 Å². The van der Waals surface area contributed by atoms with Crippen LogP contribution in [-0.2, 0) is 24.2 Å². The molecule has 0 aliphatic carbocycles. The van der Waals surface area contributed by atoms with E-state index in [1.54, 1.807) is 18.2 Å². The highest BCUT2D eigenvalue weighted by Crippen LogP contribution is 2.21. The van der Waals surface area contributed by atoms with Crippen molar-refractivity contribution < 1.29 is 9.59 Å². The van der Waals surface area contributed by atoms with Gasteiger partial charge in [-0.05, 0) is 30.2 Å². The van der Waals surface area contributed by atoms with E-state index < -0.39 is 0 Å². The fraction of sp³-hybridized carbons (Fsp3) is 0.217. The van der Waals surface area contributed by atoms with Gasteiger partial charge in [0.2, 0.25) is 5.91 Å². The molecule has 0 saturated carbocycles. The second-order valence-corrected chi connectivity index (χ2v) is 8.61. The molecule has 0 unspecified atom stereocenters. The smallest absolute Gasteiger partial charge is 0.232 e. The maximum Gasteiger partial charge on any atom is 0.232 e. The number of Topliss-reactive ketones (excluding diaryl/α,β-unsaturated/α-hetero) is 1. The number of aryl methyl sites for hydroxylation is 1. The van der Waals surface area contributed by atoms with Crippen molar-refractivity contribution >= 4 is 45.1 Å². The number of anilines is 1. The molecule has 1 amide bonds. The molecule has 3 rings (SSSR count). The largest absolute Gasteiger partial charge is 0.325 e. The van der Waals surface area contributed by atoms with E-state index in [0.29, 0.717) is 23.1 Å². The quantitative estimate of drug-likeness (QED) is 0.243. The van der Waals surface area contributed by atoms with Crippen LogP contribution >= 0.6 is 27.7 Å². The predicted octanol–water partition coefficient (Wildman–Crippen LogP) is 4.95. The van der Waals surface area contributed by atoms with Crippen LogP contribution in [0.4, 0.5) is 5.69 Å². The summed E-state index contributed by atoms with van der Waals surface area (Å²) in [5.74, 6) is 0.597. The second kappa shape index (κ2) is 11.1. The van der Waals surface area contributed by atoms with Crippen LogP contribution in [0.3, 0.4) is 0 Å². The molecule has 0 saturated heterocycles. The van der Waals surface area contributed by atoms with Crippen molar-refractivity contribution in [2.24, 2.45) is 0 Å². The summed E-state index contributed by atoms with van der Waals surface area (Å²) in [6.07, 6.45) is 2.63. The number of halogens is 1. The topological polar surface area (TPSA) is 76.9 Å². The fourth-order valence-electron chi connectivity index (χ4n) is 3.01. The SMILES string of the molecule is C=CCn1c(CC(=O)Nc2ccccc2CC)nnc1SCC(=O)c1ccc(Br)cc1. The van der Waals surface area contributed by atoms with Gasteiger partial charge in [0.05, 0.1) is 12.2 Å². The number of carbonyl (C=O) groups excluding carboxylic acids is 2. The highest BCUT2D eigenvalue weighted by Gasteiger charge is 2.17. The minimum absolute atomic E-state index is 0.00104. The summed E-state index contributed by atoms with van der Waals surface area (Å²) >= 11 is 4.67. The van der Waals surface area contributed by atoms with Crippen LogP contribution in [0.2, 0.25) is 0 Å². The van der Waals surface area contributed by atoms with Crippen molar-refractivity contribution in [2.75, 3.05) is 11.1 Å². The first-order valence-electron chi connectivity index (χ1n) is 9.84. The second-order valence-electron chi connectivity index (χ2n) is 6.75. The number of amides is 1. The van der Waals surface area contributed by atoms with Gasteiger partial charge < -0.3 is 9.88 Å². The fourth-order valence-corrected chi connectivity index (χ4v) is 4.13. The van der Waals surface area contributed by atoms with Gasteiger partial charge in [0.25, 0.3) is 0 Å². The lowest BCUT2D eigenvalue weighted by molar-refractivity contribution is -0.115. The van der Waals surface area contributed by atoms with Crippen LogP contribution in [0.1, 0.15) is 28.7 Å². The lowest BCUT2D eigenvalue weighted by atomic mass is 10.1. The van der Waals surface area contributed by atoms with Crippen LogP contribution in [0.25, 0.3) is 0 Å². The summed E-state index contributed by atoms with van der Waals surface area (Å²) in [7, 11) is 0. The van der Waals surface area contributed by atoms with E-state index in [1.807, 2.05) is 47.9 Å². The number of para-hydroxylation sites is 1. The number of hydrogen-bond acceptors (Lipinski definition) is 5. The molecule has 0 aliphatic rings. The molecule has 31 heavy (non-hydrogen) atoms. The zero-order chi connectivity index (χ0) is 22.2. The zero-order valence-corrected chi connectivity index (χ0v) is 19.6. The Morgan fingerprint density at radius 2 is 1.90 bits per heavy atom. The van der Waals surface area contributed by atoms with E-state index in [1.165, 1.54) is 11.8 Å². The highest BCUT2D eigenvalue weighted by molar-refractivity contribution is 9.10. The molecule has 160 valence electrons. The van der Waals surface area contributed by atoms with Crippen LogP contribution < -0.4 is 5.32 Å². The first kappa shape index (κ1) is 23.0. The lowest BCUT2D eigenvalue weighted by Gasteiger charge is -2.10. The minimum atomic E-state index is -0.166. The van der Waals surface area contributed by atoms with Crippen LogP contribution in [0, 0.1) is 0 Å². The minimum Gasteiger partial charge on any atom is -0.325 e. The summed E-state index contributed by atoms with van der Waals surface area (Å²) in [5, 5.41) is 11.9. The standard InChI is InChI=1S/C23H23BrN4O2S/c1-3-13-28-21(14-22(30)25-19-8-6-5-7-16(19)4-2)26-27-23(28)31-15-20(29)17-9-11-18(24)12-10-17/h3,5-12H,1,4,13-15H2,2H3,(H,25,30). The maximum absolute atomic E-state index is 12.6.